The second-order valence-electron chi connectivity index (χ2n) is 6.62. The average Bonchev–Trinajstić information content (AvgIpc) is 2.68. The van der Waals surface area contributed by atoms with Crippen molar-refractivity contribution in [1.82, 2.24) is 15.5 Å². The number of nitrogens with zero attached hydrogens (tertiary/aromatic N) is 2. The fourth-order valence-electron chi connectivity index (χ4n) is 3.03. The van der Waals surface area contributed by atoms with Gasteiger partial charge >= 0.3 is 0 Å². The van der Waals surface area contributed by atoms with Gasteiger partial charge in [-0.3, -0.25) is 4.79 Å². The van der Waals surface area contributed by atoms with Gasteiger partial charge in [-0.25, -0.2) is 0 Å². The number of anilines is 2. The molecule has 0 saturated heterocycles. The second kappa shape index (κ2) is 8.99. The fraction of sp³-hybridized carbons (Fsp3) is 0.227. The maximum Gasteiger partial charge on any atom is 0.271 e. The average molecular weight is 376 g/mol. The Morgan fingerprint density at radius 2 is 1.75 bits per heavy atom. The van der Waals surface area contributed by atoms with Crippen LogP contribution in [0.3, 0.4) is 0 Å². The van der Waals surface area contributed by atoms with Crippen LogP contribution in [0.2, 0.25) is 0 Å². The SMILES string of the molecule is COc1ccccc1CCNC(=O)c1ccc(Nc2cc(C)cc(C)c2)nn1. The van der Waals surface area contributed by atoms with Crippen LogP contribution in [0.1, 0.15) is 27.2 Å². The first-order chi connectivity index (χ1) is 13.5. The Hall–Kier alpha value is -3.41. The van der Waals surface area contributed by atoms with Crippen LogP contribution in [0.15, 0.2) is 54.6 Å². The van der Waals surface area contributed by atoms with Crippen molar-refractivity contribution < 1.29 is 9.53 Å². The molecular weight excluding hydrogens is 352 g/mol. The van der Waals surface area contributed by atoms with E-state index in [2.05, 4.69) is 26.9 Å². The highest BCUT2D eigenvalue weighted by molar-refractivity contribution is 5.92. The van der Waals surface area contributed by atoms with Gasteiger partial charge in [0.2, 0.25) is 0 Å². The molecule has 1 heterocycles. The molecule has 28 heavy (non-hydrogen) atoms. The molecule has 0 aliphatic heterocycles. The van der Waals surface area contributed by atoms with Gasteiger partial charge in [-0.1, -0.05) is 24.3 Å². The van der Waals surface area contributed by atoms with Crippen LogP contribution in [0.4, 0.5) is 11.5 Å². The van der Waals surface area contributed by atoms with Gasteiger partial charge in [-0.15, -0.1) is 10.2 Å². The molecule has 144 valence electrons. The minimum atomic E-state index is -0.250. The van der Waals surface area contributed by atoms with Crippen LogP contribution in [0.25, 0.3) is 0 Å². The van der Waals surface area contributed by atoms with Crippen molar-refractivity contribution >= 4 is 17.4 Å². The molecule has 0 aliphatic carbocycles. The van der Waals surface area contributed by atoms with E-state index < -0.39 is 0 Å². The van der Waals surface area contributed by atoms with Gasteiger partial charge in [0, 0.05) is 12.2 Å². The summed E-state index contributed by atoms with van der Waals surface area (Å²) in [6.07, 6.45) is 0.676. The zero-order valence-corrected chi connectivity index (χ0v) is 16.3. The van der Waals surface area contributed by atoms with Crippen molar-refractivity contribution in [3.05, 3.63) is 77.0 Å². The Morgan fingerprint density at radius 1 is 1.00 bits per heavy atom. The minimum absolute atomic E-state index is 0.250. The van der Waals surface area contributed by atoms with Crippen LogP contribution in [-0.2, 0) is 6.42 Å². The summed E-state index contributed by atoms with van der Waals surface area (Å²) in [5.74, 6) is 1.16. The molecule has 6 nitrogen and oxygen atoms in total. The molecule has 0 atom stereocenters. The third kappa shape index (κ3) is 5.07. The predicted octanol–water partition coefficient (Wildman–Crippen LogP) is 3.82. The lowest BCUT2D eigenvalue weighted by atomic mass is 10.1. The maximum absolute atomic E-state index is 12.3. The number of para-hydroxylation sites is 1. The molecule has 3 rings (SSSR count). The van der Waals surface area contributed by atoms with Gasteiger partial charge < -0.3 is 15.4 Å². The number of rotatable bonds is 7. The summed E-state index contributed by atoms with van der Waals surface area (Å²) >= 11 is 0. The minimum Gasteiger partial charge on any atom is -0.496 e. The van der Waals surface area contributed by atoms with Gasteiger partial charge in [-0.2, -0.15) is 0 Å². The second-order valence-corrected chi connectivity index (χ2v) is 6.62. The third-order valence-electron chi connectivity index (χ3n) is 4.26. The number of amides is 1. The van der Waals surface area contributed by atoms with E-state index in [4.69, 9.17) is 4.74 Å². The molecule has 0 spiro atoms. The van der Waals surface area contributed by atoms with Crippen molar-refractivity contribution in [3.63, 3.8) is 0 Å². The first kappa shape index (κ1) is 19.4. The van der Waals surface area contributed by atoms with Gasteiger partial charge in [0.15, 0.2) is 11.5 Å². The monoisotopic (exact) mass is 376 g/mol. The molecule has 0 saturated carbocycles. The summed E-state index contributed by atoms with van der Waals surface area (Å²) in [4.78, 5) is 12.3. The number of carbonyl (C=O) groups excluding carboxylic acids is 1. The number of hydrogen-bond donors (Lipinski definition) is 2. The highest BCUT2D eigenvalue weighted by Gasteiger charge is 2.09. The topological polar surface area (TPSA) is 76.1 Å². The van der Waals surface area contributed by atoms with Crippen LogP contribution >= 0.6 is 0 Å². The normalized spacial score (nSPS) is 10.4. The summed E-state index contributed by atoms with van der Waals surface area (Å²) < 4.78 is 5.32. The quantitative estimate of drug-likeness (QED) is 0.656. The lowest BCUT2D eigenvalue weighted by molar-refractivity contribution is 0.0948. The Bertz CT molecular complexity index is 935. The van der Waals surface area contributed by atoms with E-state index in [-0.39, 0.29) is 11.6 Å². The number of ether oxygens (including phenoxy) is 1. The van der Waals surface area contributed by atoms with Gasteiger partial charge in [0.05, 0.1) is 7.11 Å². The van der Waals surface area contributed by atoms with E-state index in [1.54, 1.807) is 19.2 Å². The molecule has 3 aromatic rings. The Kier molecular flexibility index (Phi) is 6.22. The first-order valence-electron chi connectivity index (χ1n) is 9.14. The largest absolute Gasteiger partial charge is 0.496 e. The van der Waals surface area contributed by atoms with Crippen molar-refractivity contribution in [2.45, 2.75) is 20.3 Å². The summed E-state index contributed by atoms with van der Waals surface area (Å²) in [7, 11) is 1.64. The molecule has 2 N–H and O–H groups in total. The summed E-state index contributed by atoms with van der Waals surface area (Å²) in [6, 6.07) is 17.4. The fourth-order valence-corrected chi connectivity index (χ4v) is 3.03. The zero-order valence-electron chi connectivity index (χ0n) is 16.3. The zero-order chi connectivity index (χ0) is 19.9. The predicted molar refractivity (Wildman–Crippen MR) is 110 cm³/mol. The standard InChI is InChI=1S/C22H24N4O2/c1-15-12-16(2)14-18(13-15)24-21-9-8-19(25-26-21)22(27)23-11-10-17-6-4-5-7-20(17)28-3/h4-9,12-14H,10-11H2,1-3H3,(H,23,27)(H,24,26). The number of benzene rings is 2. The highest BCUT2D eigenvalue weighted by Crippen LogP contribution is 2.18. The van der Waals surface area contributed by atoms with E-state index in [1.807, 2.05) is 50.2 Å². The van der Waals surface area contributed by atoms with Crippen LogP contribution in [0.5, 0.6) is 5.75 Å². The van der Waals surface area contributed by atoms with Crippen LogP contribution in [-0.4, -0.2) is 29.8 Å². The van der Waals surface area contributed by atoms with Crippen LogP contribution < -0.4 is 15.4 Å². The Balaban J connectivity index is 1.56. The highest BCUT2D eigenvalue weighted by atomic mass is 16.5. The summed E-state index contributed by atoms with van der Waals surface area (Å²) in [6.45, 7) is 4.58. The van der Waals surface area contributed by atoms with Gasteiger partial charge in [0.25, 0.3) is 5.91 Å². The molecule has 0 unspecified atom stereocenters. The van der Waals surface area contributed by atoms with E-state index >= 15 is 0 Å². The summed E-state index contributed by atoms with van der Waals surface area (Å²) in [5.41, 5.74) is 4.61. The lowest BCUT2D eigenvalue weighted by Crippen LogP contribution is -2.26. The molecule has 6 heteroatoms. The van der Waals surface area contributed by atoms with Crippen molar-refractivity contribution in [1.29, 1.82) is 0 Å². The Labute approximate surface area is 165 Å². The molecular formula is C22H24N4O2. The summed E-state index contributed by atoms with van der Waals surface area (Å²) in [5, 5.41) is 14.2. The van der Waals surface area contributed by atoms with Crippen molar-refractivity contribution in [3.8, 4) is 5.75 Å². The first-order valence-corrected chi connectivity index (χ1v) is 9.14. The number of nitrogens with one attached hydrogen (secondary N) is 2. The number of methoxy groups -OCH3 is 1. The number of hydrogen-bond acceptors (Lipinski definition) is 5. The molecule has 0 aliphatic rings. The number of carbonyl (C=O) groups is 1. The number of aromatic nitrogens is 2. The van der Waals surface area contributed by atoms with E-state index in [0.717, 1.165) is 17.0 Å². The van der Waals surface area contributed by atoms with Crippen molar-refractivity contribution in [2.75, 3.05) is 19.0 Å². The van der Waals surface area contributed by atoms with Crippen LogP contribution in [0, 0.1) is 13.8 Å². The smallest absolute Gasteiger partial charge is 0.271 e. The third-order valence-corrected chi connectivity index (χ3v) is 4.26. The molecule has 0 fully saturated rings. The molecule has 1 aromatic heterocycles. The molecule has 0 bridgehead atoms. The van der Waals surface area contributed by atoms with E-state index in [9.17, 15) is 4.79 Å². The maximum atomic E-state index is 12.3. The molecule has 1 amide bonds. The van der Waals surface area contributed by atoms with Crippen molar-refractivity contribution in [2.24, 2.45) is 0 Å². The van der Waals surface area contributed by atoms with E-state index in [1.165, 1.54) is 11.1 Å². The van der Waals surface area contributed by atoms with Gasteiger partial charge in [0.1, 0.15) is 5.75 Å². The number of aryl methyl sites for hydroxylation is 2. The Morgan fingerprint density at radius 3 is 2.43 bits per heavy atom. The van der Waals surface area contributed by atoms with Gasteiger partial charge in [-0.05, 0) is 67.3 Å². The van der Waals surface area contributed by atoms with E-state index in [0.29, 0.717) is 18.8 Å². The lowest BCUT2D eigenvalue weighted by Gasteiger charge is -2.09. The molecule has 2 aromatic carbocycles. The molecule has 0 radical (unpaired) electrons.